The number of carbonyl (C=O) groups is 1. The maximum Gasteiger partial charge on any atom is 0.227 e. The van der Waals surface area contributed by atoms with Gasteiger partial charge >= 0.3 is 0 Å². The summed E-state index contributed by atoms with van der Waals surface area (Å²) in [5.41, 5.74) is 7.57. The molecule has 1 aromatic carbocycles. The standard InChI is InChI=1S/C14H20N2O2/c1-14(2,6-7-15)10-3-4-12-11(9-10)16-13(17)5-8-18-12/h3-4,9H,5-8,15H2,1-2H3,(H,16,17). The molecule has 4 heteroatoms. The highest BCUT2D eigenvalue weighted by molar-refractivity contribution is 5.93. The molecular formula is C14H20N2O2. The number of benzene rings is 1. The van der Waals surface area contributed by atoms with E-state index in [1.54, 1.807) is 0 Å². The highest BCUT2D eigenvalue weighted by atomic mass is 16.5. The Bertz CT molecular complexity index is 455. The van der Waals surface area contributed by atoms with Crippen LogP contribution in [0.25, 0.3) is 0 Å². The highest BCUT2D eigenvalue weighted by Crippen LogP contribution is 2.34. The van der Waals surface area contributed by atoms with Crippen molar-refractivity contribution in [2.45, 2.75) is 32.1 Å². The maximum absolute atomic E-state index is 11.5. The molecule has 0 spiro atoms. The van der Waals surface area contributed by atoms with E-state index in [4.69, 9.17) is 10.5 Å². The third kappa shape index (κ3) is 2.64. The zero-order valence-corrected chi connectivity index (χ0v) is 11.0. The molecule has 0 bridgehead atoms. The van der Waals surface area contributed by atoms with Gasteiger partial charge in [0.25, 0.3) is 0 Å². The first-order chi connectivity index (χ1) is 8.53. The molecule has 0 aromatic heterocycles. The molecule has 0 atom stereocenters. The Morgan fingerprint density at radius 3 is 2.94 bits per heavy atom. The zero-order valence-electron chi connectivity index (χ0n) is 11.0. The van der Waals surface area contributed by atoms with Crippen LogP contribution in [-0.2, 0) is 10.2 Å². The van der Waals surface area contributed by atoms with Gasteiger partial charge in [0.05, 0.1) is 18.7 Å². The smallest absolute Gasteiger partial charge is 0.227 e. The summed E-state index contributed by atoms with van der Waals surface area (Å²) < 4.78 is 5.54. The Morgan fingerprint density at radius 1 is 1.44 bits per heavy atom. The van der Waals surface area contributed by atoms with E-state index in [9.17, 15) is 4.79 Å². The first-order valence-corrected chi connectivity index (χ1v) is 6.30. The number of carbonyl (C=O) groups excluding carboxylic acids is 1. The van der Waals surface area contributed by atoms with E-state index in [0.29, 0.717) is 19.6 Å². The van der Waals surface area contributed by atoms with E-state index in [-0.39, 0.29) is 11.3 Å². The van der Waals surface area contributed by atoms with Gasteiger partial charge in [0.2, 0.25) is 5.91 Å². The Kier molecular flexibility index (Phi) is 3.57. The van der Waals surface area contributed by atoms with Gasteiger partial charge in [-0.1, -0.05) is 19.9 Å². The predicted octanol–water partition coefficient (Wildman–Crippen LogP) is 2.03. The van der Waals surface area contributed by atoms with Crippen molar-refractivity contribution in [2.24, 2.45) is 5.73 Å². The summed E-state index contributed by atoms with van der Waals surface area (Å²) in [6.07, 6.45) is 1.30. The van der Waals surface area contributed by atoms with Gasteiger partial charge < -0.3 is 15.8 Å². The lowest BCUT2D eigenvalue weighted by molar-refractivity contribution is -0.116. The molecule has 4 nitrogen and oxygen atoms in total. The van der Waals surface area contributed by atoms with E-state index in [2.05, 4.69) is 19.2 Å². The molecule has 1 heterocycles. The first kappa shape index (κ1) is 12.9. The molecule has 2 rings (SSSR count). The zero-order chi connectivity index (χ0) is 13.2. The summed E-state index contributed by atoms with van der Waals surface area (Å²) in [5, 5.41) is 2.88. The summed E-state index contributed by atoms with van der Waals surface area (Å²) in [6, 6.07) is 5.97. The Labute approximate surface area is 108 Å². The number of hydrogen-bond acceptors (Lipinski definition) is 3. The molecular weight excluding hydrogens is 228 g/mol. The molecule has 18 heavy (non-hydrogen) atoms. The van der Waals surface area contributed by atoms with Crippen molar-refractivity contribution < 1.29 is 9.53 Å². The number of amides is 1. The van der Waals surface area contributed by atoms with Gasteiger partial charge in [-0.2, -0.15) is 0 Å². The van der Waals surface area contributed by atoms with Crippen LogP contribution in [0.1, 0.15) is 32.3 Å². The average molecular weight is 248 g/mol. The van der Waals surface area contributed by atoms with Crippen LogP contribution in [-0.4, -0.2) is 19.1 Å². The predicted molar refractivity (Wildman–Crippen MR) is 71.9 cm³/mol. The van der Waals surface area contributed by atoms with E-state index >= 15 is 0 Å². The van der Waals surface area contributed by atoms with Crippen LogP contribution in [0.5, 0.6) is 5.75 Å². The maximum atomic E-state index is 11.5. The van der Waals surface area contributed by atoms with Gasteiger partial charge in [0.1, 0.15) is 5.75 Å². The van der Waals surface area contributed by atoms with E-state index in [1.165, 1.54) is 0 Å². The summed E-state index contributed by atoms with van der Waals surface area (Å²) in [7, 11) is 0. The van der Waals surface area contributed by atoms with Crippen LogP contribution in [0.4, 0.5) is 5.69 Å². The second kappa shape index (κ2) is 4.98. The fourth-order valence-electron chi connectivity index (χ4n) is 2.15. The minimum atomic E-state index is 0.000805. The third-order valence-corrected chi connectivity index (χ3v) is 3.39. The van der Waals surface area contributed by atoms with Crippen LogP contribution in [0.15, 0.2) is 18.2 Å². The monoisotopic (exact) mass is 248 g/mol. The lowest BCUT2D eigenvalue weighted by Gasteiger charge is -2.25. The molecule has 0 saturated carbocycles. The second-order valence-electron chi connectivity index (χ2n) is 5.28. The number of nitrogens with one attached hydrogen (secondary N) is 1. The summed E-state index contributed by atoms with van der Waals surface area (Å²) >= 11 is 0. The summed E-state index contributed by atoms with van der Waals surface area (Å²) in [4.78, 5) is 11.5. The molecule has 1 aliphatic heterocycles. The minimum Gasteiger partial charge on any atom is -0.491 e. The number of rotatable bonds is 3. The summed E-state index contributed by atoms with van der Waals surface area (Å²) in [6.45, 7) is 5.39. The molecule has 3 N–H and O–H groups in total. The molecule has 0 radical (unpaired) electrons. The molecule has 0 unspecified atom stereocenters. The van der Waals surface area contributed by atoms with Gasteiger partial charge in [0, 0.05) is 0 Å². The Morgan fingerprint density at radius 2 is 2.22 bits per heavy atom. The largest absolute Gasteiger partial charge is 0.491 e. The molecule has 1 amide bonds. The SMILES string of the molecule is CC(C)(CCN)c1ccc2c(c1)NC(=O)CCO2. The van der Waals surface area contributed by atoms with Crippen molar-refractivity contribution in [3.8, 4) is 5.75 Å². The fourth-order valence-corrected chi connectivity index (χ4v) is 2.15. The quantitative estimate of drug-likeness (QED) is 0.860. The van der Waals surface area contributed by atoms with Crippen molar-refractivity contribution in [3.05, 3.63) is 23.8 Å². The number of anilines is 1. The molecule has 0 saturated heterocycles. The van der Waals surface area contributed by atoms with Crippen LogP contribution in [0, 0.1) is 0 Å². The van der Waals surface area contributed by atoms with E-state index < -0.39 is 0 Å². The van der Waals surface area contributed by atoms with Crippen molar-refractivity contribution in [1.29, 1.82) is 0 Å². The number of hydrogen-bond donors (Lipinski definition) is 2. The number of ether oxygens (including phenoxy) is 1. The molecule has 0 aliphatic carbocycles. The van der Waals surface area contributed by atoms with Gasteiger partial charge in [0.15, 0.2) is 0 Å². The van der Waals surface area contributed by atoms with Crippen LogP contribution in [0.3, 0.4) is 0 Å². The normalized spacial score (nSPS) is 15.4. The first-order valence-electron chi connectivity index (χ1n) is 6.30. The van der Waals surface area contributed by atoms with Crippen molar-refractivity contribution >= 4 is 11.6 Å². The lowest BCUT2D eigenvalue weighted by Crippen LogP contribution is -2.22. The van der Waals surface area contributed by atoms with Gasteiger partial charge in [-0.05, 0) is 36.1 Å². The van der Waals surface area contributed by atoms with Crippen molar-refractivity contribution in [1.82, 2.24) is 0 Å². The molecule has 0 fully saturated rings. The number of fused-ring (bicyclic) bond motifs is 1. The molecule has 1 aromatic rings. The van der Waals surface area contributed by atoms with Crippen LogP contribution < -0.4 is 15.8 Å². The third-order valence-electron chi connectivity index (χ3n) is 3.39. The fraction of sp³-hybridized carbons (Fsp3) is 0.500. The van der Waals surface area contributed by atoms with E-state index in [0.717, 1.165) is 23.4 Å². The van der Waals surface area contributed by atoms with Gasteiger partial charge in [-0.3, -0.25) is 4.79 Å². The van der Waals surface area contributed by atoms with Gasteiger partial charge in [-0.15, -0.1) is 0 Å². The topological polar surface area (TPSA) is 64.3 Å². The minimum absolute atomic E-state index is 0.000805. The average Bonchev–Trinajstić information content (AvgIpc) is 2.48. The number of nitrogens with two attached hydrogens (primary N) is 1. The van der Waals surface area contributed by atoms with Crippen molar-refractivity contribution in [3.63, 3.8) is 0 Å². The van der Waals surface area contributed by atoms with Crippen LogP contribution in [0.2, 0.25) is 0 Å². The highest BCUT2D eigenvalue weighted by Gasteiger charge is 2.22. The van der Waals surface area contributed by atoms with Crippen LogP contribution >= 0.6 is 0 Å². The second-order valence-corrected chi connectivity index (χ2v) is 5.28. The molecule has 98 valence electrons. The van der Waals surface area contributed by atoms with E-state index in [1.807, 2.05) is 18.2 Å². The van der Waals surface area contributed by atoms with Gasteiger partial charge in [-0.25, -0.2) is 0 Å². The van der Waals surface area contributed by atoms with Crippen molar-refractivity contribution in [2.75, 3.05) is 18.5 Å². The Hall–Kier alpha value is -1.55. The lowest BCUT2D eigenvalue weighted by atomic mass is 9.81. The summed E-state index contributed by atoms with van der Waals surface area (Å²) in [5.74, 6) is 0.746. The Balaban J connectivity index is 2.33. The molecule has 1 aliphatic rings.